The van der Waals surface area contributed by atoms with E-state index in [1.165, 1.54) is 23.2 Å². The van der Waals surface area contributed by atoms with E-state index in [0.717, 1.165) is 5.56 Å². The van der Waals surface area contributed by atoms with Crippen LogP contribution in [0.15, 0.2) is 30.5 Å². The summed E-state index contributed by atoms with van der Waals surface area (Å²) in [5.41, 5.74) is -1.30. The van der Waals surface area contributed by atoms with Crippen LogP contribution in [0.3, 0.4) is 0 Å². The number of nitrogens with two attached hydrogens (primary N) is 1. The second kappa shape index (κ2) is 7.18. The third-order valence-corrected chi connectivity index (χ3v) is 5.45. The summed E-state index contributed by atoms with van der Waals surface area (Å²) in [6, 6.07) is 5.63. The molecule has 0 spiro atoms. The maximum Gasteiger partial charge on any atom is 0.417 e. The van der Waals surface area contributed by atoms with E-state index in [4.69, 9.17) is 5.84 Å². The standard InChI is InChI=1S/C21H25F4N3O/c1-13-4-5-15(22)9-17(13)19(2,3)12-20(29,21(23,24)25)10-16-8-14-6-7-28(26)11-18(14)27-16/h4-9,27,29H,10-12,26H2,1-3H3. The third-order valence-electron chi connectivity index (χ3n) is 5.45. The predicted molar refractivity (Wildman–Crippen MR) is 103 cm³/mol. The van der Waals surface area contributed by atoms with Gasteiger partial charge in [0.15, 0.2) is 5.60 Å². The van der Waals surface area contributed by atoms with Crippen LogP contribution >= 0.6 is 0 Å². The van der Waals surface area contributed by atoms with Crippen molar-refractivity contribution in [1.82, 2.24) is 9.99 Å². The number of aliphatic hydroxyl groups is 1. The van der Waals surface area contributed by atoms with Crippen LogP contribution in [0.1, 0.15) is 48.3 Å². The van der Waals surface area contributed by atoms with Gasteiger partial charge in [-0.2, -0.15) is 13.2 Å². The third kappa shape index (κ3) is 4.33. The molecule has 1 aliphatic heterocycles. The normalized spacial score (nSPS) is 16.7. The highest BCUT2D eigenvalue weighted by atomic mass is 19.4. The molecule has 0 fully saturated rings. The molecule has 1 aromatic carbocycles. The molecule has 0 aliphatic carbocycles. The van der Waals surface area contributed by atoms with E-state index in [-0.39, 0.29) is 5.69 Å². The minimum atomic E-state index is -4.87. The monoisotopic (exact) mass is 411 g/mol. The molecular formula is C21H25F4N3O. The van der Waals surface area contributed by atoms with E-state index in [2.05, 4.69) is 4.98 Å². The molecule has 0 bridgehead atoms. The number of hydrazine groups is 1. The molecule has 4 N–H and O–H groups in total. The molecule has 0 radical (unpaired) electrons. The summed E-state index contributed by atoms with van der Waals surface area (Å²) >= 11 is 0. The van der Waals surface area contributed by atoms with E-state index in [0.29, 0.717) is 23.4 Å². The van der Waals surface area contributed by atoms with Gasteiger partial charge >= 0.3 is 6.18 Å². The van der Waals surface area contributed by atoms with Crippen molar-refractivity contribution in [2.45, 2.75) is 57.3 Å². The molecule has 1 aliphatic rings. The van der Waals surface area contributed by atoms with Crippen molar-refractivity contribution < 1.29 is 22.7 Å². The summed E-state index contributed by atoms with van der Waals surface area (Å²) in [5, 5.41) is 12.2. The number of benzene rings is 1. The Bertz CT molecular complexity index is 932. The maximum atomic E-state index is 14.0. The zero-order chi connectivity index (χ0) is 21.6. The van der Waals surface area contributed by atoms with Gasteiger partial charge < -0.3 is 15.1 Å². The van der Waals surface area contributed by atoms with Crippen molar-refractivity contribution in [2.24, 2.45) is 5.84 Å². The second-order valence-electron chi connectivity index (χ2n) is 8.44. The second-order valence-corrected chi connectivity index (χ2v) is 8.44. The highest BCUT2D eigenvalue weighted by Crippen LogP contribution is 2.44. The Hall–Kier alpha value is -2.32. The highest BCUT2D eigenvalue weighted by molar-refractivity contribution is 5.55. The first-order chi connectivity index (χ1) is 13.3. The smallest absolute Gasteiger partial charge is 0.380 e. The van der Waals surface area contributed by atoms with Gasteiger partial charge in [-0.25, -0.2) is 10.2 Å². The number of H-pyrrole nitrogens is 1. The molecular weight excluding hydrogens is 386 g/mol. The molecule has 2 heterocycles. The lowest BCUT2D eigenvalue weighted by Crippen LogP contribution is -2.51. The molecule has 8 heteroatoms. The van der Waals surface area contributed by atoms with E-state index in [1.807, 2.05) is 0 Å². The molecule has 29 heavy (non-hydrogen) atoms. The van der Waals surface area contributed by atoms with Crippen molar-refractivity contribution in [3.63, 3.8) is 0 Å². The van der Waals surface area contributed by atoms with Crippen LogP contribution in [-0.2, 0) is 18.4 Å². The largest absolute Gasteiger partial charge is 0.417 e. The van der Waals surface area contributed by atoms with E-state index in [1.54, 1.807) is 39.1 Å². The van der Waals surface area contributed by atoms with E-state index in [9.17, 15) is 22.7 Å². The zero-order valence-electron chi connectivity index (χ0n) is 16.6. The van der Waals surface area contributed by atoms with Gasteiger partial charge in [-0.15, -0.1) is 0 Å². The minimum Gasteiger partial charge on any atom is -0.380 e. The minimum absolute atomic E-state index is 0.265. The molecule has 1 atom stereocenters. The maximum absolute atomic E-state index is 14.0. The Morgan fingerprint density at radius 1 is 1.21 bits per heavy atom. The lowest BCUT2D eigenvalue weighted by atomic mass is 9.72. The average molecular weight is 411 g/mol. The van der Waals surface area contributed by atoms with Crippen molar-refractivity contribution in [3.8, 4) is 0 Å². The number of aromatic nitrogens is 1. The number of hydrogen-bond donors (Lipinski definition) is 3. The van der Waals surface area contributed by atoms with Crippen LogP contribution < -0.4 is 5.84 Å². The molecule has 0 saturated carbocycles. The quantitative estimate of drug-likeness (QED) is 0.507. The van der Waals surface area contributed by atoms with E-state index < -0.39 is 35.9 Å². The van der Waals surface area contributed by atoms with Crippen molar-refractivity contribution in [2.75, 3.05) is 0 Å². The number of alkyl halides is 3. The fourth-order valence-corrected chi connectivity index (χ4v) is 4.09. The van der Waals surface area contributed by atoms with Gasteiger partial charge in [0.1, 0.15) is 5.82 Å². The molecule has 1 unspecified atom stereocenters. The molecule has 0 amide bonds. The van der Waals surface area contributed by atoms with Gasteiger partial charge in [-0.05, 0) is 59.7 Å². The van der Waals surface area contributed by atoms with Gasteiger partial charge in [0.25, 0.3) is 0 Å². The lowest BCUT2D eigenvalue weighted by Gasteiger charge is -2.38. The van der Waals surface area contributed by atoms with Gasteiger partial charge in [0.2, 0.25) is 0 Å². The summed E-state index contributed by atoms with van der Waals surface area (Å²) in [5.74, 6) is 5.17. The number of nitrogens with zero attached hydrogens (tertiary/aromatic N) is 1. The number of aryl methyl sites for hydroxylation is 1. The van der Waals surface area contributed by atoms with Crippen molar-refractivity contribution in [1.29, 1.82) is 0 Å². The molecule has 0 saturated heterocycles. The number of halogens is 4. The first-order valence-corrected chi connectivity index (χ1v) is 9.27. The van der Waals surface area contributed by atoms with Crippen LogP contribution in [-0.4, -0.2) is 26.9 Å². The zero-order valence-corrected chi connectivity index (χ0v) is 16.6. The van der Waals surface area contributed by atoms with Crippen LogP contribution in [0.5, 0.6) is 0 Å². The Morgan fingerprint density at radius 3 is 2.55 bits per heavy atom. The van der Waals surface area contributed by atoms with Crippen LogP contribution in [0.4, 0.5) is 17.6 Å². The summed E-state index contributed by atoms with van der Waals surface area (Å²) in [4.78, 5) is 2.94. The Kier molecular flexibility index (Phi) is 5.29. The topological polar surface area (TPSA) is 65.3 Å². The Labute approximate surface area is 167 Å². The number of aromatic amines is 1. The summed E-state index contributed by atoms with van der Waals surface area (Å²) in [6.45, 7) is 5.22. The summed E-state index contributed by atoms with van der Waals surface area (Å²) in [7, 11) is 0. The molecule has 1 aromatic heterocycles. The van der Waals surface area contributed by atoms with Gasteiger partial charge in [0, 0.05) is 24.0 Å². The number of nitrogens with one attached hydrogen (secondary N) is 1. The highest BCUT2D eigenvalue weighted by Gasteiger charge is 2.56. The summed E-state index contributed by atoms with van der Waals surface area (Å²) < 4.78 is 55.7. The molecule has 2 aromatic rings. The first-order valence-electron chi connectivity index (χ1n) is 9.27. The first kappa shape index (κ1) is 21.4. The Morgan fingerprint density at radius 2 is 1.90 bits per heavy atom. The van der Waals surface area contributed by atoms with Crippen molar-refractivity contribution in [3.05, 3.63) is 64.4 Å². The SMILES string of the molecule is Cc1ccc(F)cc1C(C)(C)CC(O)(Cc1cc2c([nH]1)CN(N)C=C2)C(F)(F)F. The summed E-state index contributed by atoms with van der Waals surface area (Å²) in [6.07, 6.45) is -2.79. The molecule has 158 valence electrons. The average Bonchev–Trinajstić information content (AvgIpc) is 2.96. The lowest BCUT2D eigenvalue weighted by molar-refractivity contribution is -0.266. The van der Waals surface area contributed by atoms with Gasteiger partial charge in [0.05, 0.1) is 6.54 Å². The number of rotatable bonds is 5. The fourth-order valence-electron chi connectivity index (χ4n) is 4.09. The molecule has 3 rings (SSSR count). The van der Waals surface area contributed by atoms with Crippen LogP contribution in [0, 0.1) is 12.7 Å². The van der Waals surface area contributed by atoms with Gasteiger partial charge in [-0.3, -0.25) is 0 Å². The number of hydrogen-bond acceptors (Lipinski definition) is 3. The van der Waals surface area contributed by atoms with Gasteiger partial charge in [-0.1, -0.05) is 19.9 Å². The fraction of sp³-hybridized carbons (Fsp3) is 0.429. The van der Waals surface area contributed by atoms with Crippen molar-refractivity contribution >= 4 is 6.08 Å². The Balaban J connectivity index is 1.93. The predicted octanol–water partition coefficient (Wildman–Crippen LogP) is 4.33. The van der Waals surface area contributed by atoms with Crippen LogP contribution in [0.25, 0.3) is 6.08 Å². The number of fused-ring (bicyclic) bond motifs is 1. The van der Waals surface area contributed by atoms with E-state index >= 15 is 0 Å². The molecule has 4 nitrogen and oxygen atoms in total. The van der Waals surface area contributed by atoms with Crippen LogP contribution in [0.2, 0.25) is 0 Å².